The van der Waals surface area contributed by atoms with Crippen molar-refractivity contribution >= 4 is 5.97 Å². The second kappa shape index (κ2) is 4.71. The van der Waals surface area contributed by atoms with E-state index in [0.29, 0.717) is 0 Å². The predicted molar refractivity (Wildman–Crippen MR) is 50.6 cm³/mol. The Labute approximate surface area is 90.0 Å². The molecule has 0 aliphatic carbocycles. The number of carbonyl (C=O) groups is 1. The van der Waals surface area contributed by atoms with Crippen LogP contribution in [0.15, 0.2) is 24.3 Å². The van der Waals surface area contributed by atoms with E-state index in [2.05, 4.69) is 10.7 Å². The van der Waals surface area contributed by atoms with E-state index < -0.39 is 17.7 Å². The quantitative estimate of drug-likeness (QED) is 0.574. The SMILES string of the molecule is C#CCOC(=O)c1ccc(C(F)(F)F)cc1. The topological polar surface area (TPSA) is 26.3 Å². The van der Waals surface area contributed by atoms with Crippen molar-refractivity contribution in [1.29, 1.82) is 0 Å². The minimum atomic E-state index is -4.42. The van der Waals surface area contributed by atoms with Gasteiger partial charge in [0.15, 0.2) is 6.61 Å². The Morgan fingerprint density at radius 1 is 1.31 bits per heavy atom. The third-order valence-electron chi connectivity index (χ3n) is 1.73. The predicted octanol–water partition coefficient (Wildman–Crippen LogP) is 2.50. The molecule has 16 heavy (non-hydrogen) atoms. The molecule has 0 aromatic heterocycles. The lowest BCUT2D eigenvalue weighted by Gasteiger charge is -2.06. The van der Waals surface area contributed by atoms with Crippen LogP contribution in [0.4, 0.5) is 13.2 Å². The molecule has 0 aliphatic rings. The first-order valence-corrected chi connectivity index (χ1v) is 4.23. The zero-order valence-corrected chi connectivity index (χ0v) is 8.04. The lowest BCUT2D eigenvalue weighted by molar-refractivity contribution is -0.137. The van der Waals surface area contributed by atoms with E-state index in [-0.39, 0.29) is 12.2 Å². The number of hydrogen-bond donors (Lipinski definition) is 0. The second-order valence-electron chi connectivity index (χ2n) is 2.86. The molecule has 0 fully saturated rings. The number of hydrogen-bond acceptors (Lipinski definition) is 2. The molecule has 84 valence electrons. The molecule has 0 radical (unpaired) electrons. The summed E-state index contributed by atoms with van der Waals surface area (Å²) in [5, 5.41) is 0. The van der Waals surface area contributed by atoms with E-state index in [1.807, 2.05) is 0 Å². The first-order valence-electron chi connectivity index (χ1n) is 4.23. The van der Waals surface area contributed by atoms with E-state index in [9.17, 15) is 18.0 Å². The van der Waals surface area contributed by atoms with Crippen LogP contribution in [0.1, 0.15) is 15.9 Å². The van der Waals surface area contributed by atoms with Crippen molar-refractivity contribution in [3.05, 3.63) is 35.4 Å². The van der Waals surface area contributed by atoms with E-state index in [4.69, 9.17) is 6.42 Å². The normalized spacial score (nSPS) is 10.6. The van der Waals surface area contributed by atoms with Gasteiger partial charge >= 0.3 is 12.1 Å². The number of esters is 1. The number of halogens is 3. The maximum atomic E-state index is 12.2. The molecular formula is C11H7F3O2. The van der Waals surface area contributed by atoms with Crippen LogP contribution in [0.2, 0.25) is 0 Å². The fourth-order valence-electron chi connectivity index (χ4n) is 0.986. The maximum absolute atomic E-state index is 12.2. The zero-order chi connectivity index (χ0) is 12.2. The molecule has 2 nitrogen and oxygen atoms in total. The molecule has 0 spiro atoms. The highest BCUT2D eigenvalue weighted by Crippen LogP contribution is 2.29. The summed E-state index contributed by atoms with van der Waals surface area (Å²) in [6, 6.07) is 3.71. The minimum Gasteiger partial charge on any atom is -0.449 e. The third-order valence-corrected chi connectivity index (χ3v) is 1.73. The molecule has 1 rings (SSSR count). The fourth-order valence-corrected chi connectivity index (χ4v) is 0.986. The average molecular weight is 228 g/mol. The van der Waals surface area contributed by atoms with Crippen LogP contribution in [0.25, 0.3) is 0 Å². The van der Waals surface area contributed by atoms with Gasteiger partial charge in [0.25, 0.3) is 0 Å². The molecule has 1 aromatic carbocycles. The monoisotopic (exact) mass is 228 g/mol. The van der Waals surface area contributed by atoms with Crippen LogP contribution in [-0.2, 0) is 10.9 Å². The summed E-state index contributed by atoms with van der Waals surface area (Å²) in [6.07, 6.45) is 0.445. The highest BCUT2D eigenvalue weighted by atomic mass is 19.4. The van der Waals surface area contributed by atoms with E-state index >= 15 is 0 Å². The van der Waals surface area contributed by atoms with Gasteiger partial charge in [-0.2, -0.15) is 13.2 Å². The molecular weight excluding hydrogens is 221 g/mol. The van der Waals surface area contributed by atoms with Gasteiger partial charge < -0.3 is 4.74 Å². The molecule has 0 saturated carbocycles. The Morgan fingerprint density at radius 2 is 1.88 bits per heavy atom. The molecule has 0 bridgehead atoms. The van der Waals surface area contributed by atoms with Crippen LogP contribution >= 0.6 is 0 Å². The van der Waals surface area contributed by atoms with Gasteiger partial charge in [-0.25, -0.2) is 4.79 Å². The fraction of sp³-hybridized carbons (Fsp3) is 0.182. The molecule has 5 heteroatoms. The highest BCUT2D eigenvalue weighted by molar-refractivity contribution is 5.89. The van der Waals surface area contributed by atoms with Crippen molar-refractivity contribution in [2.24, 2.45) is 0 Å². The van der Waals surface area contributed by atoms with E-state index in [0.717, 1.165) is 24.3 Å². The van der Waals surface area contributed by atoms with Crippen molar-refractivity contribution < 1.29 is 22.7 Å². The summed E-state index contributed by atoms with van der Waals surface area (Å²) in [5.74, 6) is 1.34. The lowest BCUT2D eigenvalue weighted by Crippen LogP contribution is -2.08. The van der Waals surface area contributed by atoms with E-state index in [1.165, 1.54) is 0 Å². The smallest absolute Gasteiger partial charge is 0.416 e. The van der Waals surface area contributed by atoms with Crippen molar-refractivity contribution in [3.63, 3.8) is 0 Å². The van der Waals surface area contributed by atoms with Crippen molar-refractivity contribution in [3.8, 4) is 12.3 Å². The summed E-state index contributed by atoms with van der Waals surface area (Å²) >= 11 is 0. The summed E-state index contributed by atoms with van der Waals surface area (Å²) in [6.45, 7) is -0.208. The Hall–Kier alpha value is -1.96. The average Bonchev–Trinajstić information content (AvgIpc) is 2.25. The van der Waals surface area contributed by atoms with Crippen LogP contribution in [0, 0.1) is 12.3 Å². The molecule has 0 heterocycles. The standard InChI is InChI=1S/C11H7F3O2/c1-2-7-16-10(15)8-3-5-9(6-4-8)11(12,13)14/h1,3-6H,7H2. The van der Waals surface area contributed by atoms with Gasteiger partial charge in [-0.05, 0) is 24.3 Å². The molecule has 0 atom stereocenters. The van der Waals surface area contributed by atoms with Gasteiger partial charge in [-0.3, -0.25) is 0 Å². The molecule has 0 unspecified atom stereocenters. The Kier molecular flexibility index (Phi) is 3.56. The molecule has 0 saturated heterocycles. The number of rotatable bonds is 2. The largest absolute Gasteiger partial charge is 0.449 e. The van der Waals surface area contributed by atoms with Crippen molar-refractivity contribution in [2.75, 3.05) is 6.61 Å². The van der Waals surface area contributed by atoms with Crippen LogP contribution < -0.4 is 0 Å². The van der Waals surface area contributed by atoms with E-state index in [1.54, 1.807) is 0 Å². The van der Waals surface area contributed by atoms with Gasteiger partial charge in [0.05, 0.1) is 11.1 Å². The minimum absolute atomic E-state index is 0.0308. The Balaban J connectivity index is 2.80. The van der Waals surface area contributed by atoms with Gasteiger partial charge in [-0.15, -0.1) is 6.42 Å². The molecule has 0 amide bonds. The lowest BCUT2D eigenvalue weighted by atomic mass is 10.1. The number of ether oxygens (including phenoxy) is 1. The number of benzene rings is 1. The third kappa shape index (κ3) is 3.02. The molecule has 0 N–H and O–H groups in total. The Bertz CT molecular complexity index is 412. The number of carbonyl (C=O) groups excluding carboxylic acids is 1. The summed E-state index contributed by atoms with van der Waals surface area (Å²) < 4.78 is 41.1. The number of terminal acetylenes is 1. The number of alkyl halides is 3. The van der Waals surface area contributed by atoms with Crippen LogP contribution in [-0.4, -0.2) is 12.6 Å². The Morgan fingerprint density at radius 3 is 2.31 bits per heavy atom. The van der Waals surface area contributed by atoms with Gasteiger partial charge in [-0.1, -0.05) is 5.92 Å². The van der Waals surface area contributed by atoms with Gasteiger partial charge in [0.1, 0.15) is 0 Å². The highest BCUT2D eigenvalue weighted by Gasteiger charge is 2.30. The molecule has 0 aliphatic heterocycles. The van der Waals surface area contributed by atoms with Crippen LogP contribution in [0.5, 0.6) is 0 Å². The van der Waals surface area contributed by atoms with Crippen molar-refractivity contribution in [2.45, 2.75) is 6.18 Å². The van der Waals surface area contributed by atoms with Crippen molar-refractivity contribution in [1.82, 2.24) is 0 Å². The second-order valence-corrected chi connectivity index (χ2v) is 2.86. The zero-order valence-electron chi connectivity index (χ0n) is 8.04. The maximum Gasteiger partial charge on any atom is 0.416 e. The van der Waals surface area contributed by atoms with Crippen LogP contribution in [0.3, 0.4) is 0 Å². The first kappa shape index (κ1) is 12.1. The first-order chi connectivity index (χ1) is 7.45. The van der Waals surface area contributed by atoms with Gasteiger partial charge in [0, 0.05) is 0 Å². The summed E-state index contributed by atoms with van der Waals surface area (Å²) in [4.78, 5) is 11.2. The van der Waals surface area contributed by atoms with Gasteiger partial charge in [0.2, 0.25) is 0 Å². The summed E-state index contributed by atoms with van der Waals surface area (Å²) in [7, 11) is 0. The molecule has 1 aromatic rings. The summed E-state index contributed by atoms with van der Waals surface area (Å²) in [5.41, 5.74) is -0.788.